The number of carbonyl (C=O) groups excluding carboxylic acids is 1. The zero-order chi connectivity index (χ0) is 25.0. The molecule has 1 heterocycles. The van der Waals surface area contributed by atoms with E-state index in [9.17, 15) is 9.90 Å². The number of carbonyl (C=O) groups is 1. The molecule has 0 atom stereocenters. The minimum atomic E-state index is -0.143. The summed E-state index contributed by atoms with van der Waals surface area (Å²) in [5.41, 5.74) is 10.3. The van der Waals surface area contributed by atoms with Gasteiger partial charge in [-0.25, -0.2) is 0 Å². The smallest absolute Gasteiger partial charge is 0.201 e. The first-order valence-corrected chi connectivity index (χ1v) is 11.8. The summed E-state index contributed by atoms with van der Waals surface area (Å²) in [6.45, 7) is 14.2. The van der Waals surface area contributed by atoms with Gasteiger partial charge in [-0.15, -0.1) is 0 Å². The van der Waals surface area contributed by atoms with Crippen molar-refractivity contribution in [2.45, 2.75) is 34.6 Å². The fourth-order valence-corrected chi connectivity index (χ4v) is 5.39. The van der Waals surface area contributed by atoms with Crippen LogP contribution in [-0.4, -0.2) is 15.5 Å². The van der Waals surface area contributed by atoms with Crippen molar-refractivity contribution in [2.24, 2.45) is 0 Å². The Balaban J connectivity index is 1.79. The fraction of sp³-hybridized carbons (Fsp3) is 0.156. The van der Waals surface area contributed by atoms with Gasteiger partial charge in [0.25, 0.3) is 0 Å². The van der Waals surface area contributed by atoms with Crippen molar-refractivity contribution in [3.8, 4) is 5.69 Å². The highest BCUT2D eigenvalue weighted by molar-refractivity contribution is 6.43. The van der Waals surface area contributed by atoms with Crippen molar-refractivity contribution in [3.05, 3.63) is 124 Å². The van der Waals surface area contributed by atoms with E-state index in [0.717, 1.165) is 44.5 Å². The number of allylic oxidation sites excluding steroid dienone is 4. The van der Waals surface area contributed by atoms with Gasteiger partial charge in [0.15, 0.2) is 0 Å². The lowest BCUT2D eigenvalue weighted by atomic mass is 9.76. The molecule has 174 valence electrons. The average molecular weight is 460 g/mol. The SMILES string of the molecule is C=C(C)/C(=C1\C(=O)C(c2c(C)n(-c3cc(C)cc(C)c3)c3ccccc23)=C1O)c1ccccc1C. The average Bonchev–Trinajstić information content (AvgIpc) is 3.09. The largest absolute Gasteiger partial charge is 0.506 e. The summed E-state index contributed by atoms with van der Waals surface area (Å²) in [7, 11) is 0. The maximum Gasteiger partial charge on any atom is 0.201 e. The van der Waals surface area contributed by atoms with Crippen LogP contribution in [-0.2, 0) is 4.79 Å². The van der Waals surface area contributed by atoms with E-state index in [2.05, 4.69) is 49.3 Å². The highest BCUT2D eigenvalue weighted by Crippen LogP contribution is 2.46. The molecule has 3 nitrogen and oxygen atoms in total. The molecule has 0 bridgehead atoms. The summed E-state index contributed by atoms with van der Waals surface area (Å²) < 4.78 is 2.18. The van der Waals surface area contributed by atoms with Gasteiger partial charge >= 0.3 is 0 Å². The molecule has 0 saturated heterocycles. The Hall–Kier alpha value is -4.11. The van der Waals surface area contributed by atoms with Crippen molar-refractivity contribution < 1.29 is 9.90 Å². The molecule has 0 amide bonds. The number of aliphatic hydroxyl groups is 1. The van der Waals surface area contributed by atoms with Crippen LogP contribution in [0.15, 0.2) is 90.2 Å². The number of aliphatic hydroxyl groups excluding tert-OH is 1. The van der Waals surface area contributed by atoms with E-state index < -0.39 is 0 Å². The quantitative estimate of drug-likeness (QED) is 0.317. The molecule has 3 aromatic carbocycles. The van der Waals surface area contributed by atoms with Crippen LogP contribution in [0.5, 0.6) is 0 Å². The lowest BCUT2D eigenvalue weighted by Gasteiger charge is -2.26. The Morgan fingerprint density at radius 2 is 1.51 bits per heavy atom. The Morgan fingerprint density at radius 1 is 0.886 bits per heavy atom. The highest BCUT2D eigenvalue weighted by Gasteiger charge is 2.40. The number of hydrogen-bond donors (Lipinski definition) is 1. The van der Waals surface area contributed by atoms with Gasteiger partial charge in [-0.1, -0.05) is 55.1 Å². The Morgan fingerprint density at radius 3 is 2.14 bits per heavy atom. The number of fused-ring (bicyclic) bond motifs is 1. The van der Waals surface area contributed by atoms with E-state index in [1.54, 1.807) is 0 Å². The van der Waals surface area contributed by atoms with Crippen LogP contribution < -0.4 is 0 Å². The molecular weight excluding hydrogens is 430 g/mol. The number of hydrogen-bond acceptors (Lipinski definition) is 2. The van der Waals surface area contributed by atoms with E-state index in [1.165, 1.54) is 11.1 Å². The molecular formula is C32H29NO2. The molecule has 0 saturated carbocycles. The maximum absolute atomic E-state index is 13.7. The summed E-state index contributed by atoms with van der Waals surface area (Å²) in [6.07, 6.45) is 0. The molecule has 1 aromatic heterocycles. The minimum absolute atomic E-state index is 0.0441. The third kappa shape index (κ3) is 3.47. The van der Waals surface area contributed by atoms with Gasteiger partial charge in [0.1, 0.15) is 5.76 Å². The number of nitrogens with zero attached hydrogens (tertiary/aromatic N) is 1. The fourth-order valence-electron chi connectivity index (χ4n) is 5.39. The monoisotopic (exact) mass is 459 g/mol. The maximum atomic E-state index is 13.7. The standard InChI is InChI=1S/C32H29NO2/c1-18(2)27(24-12-8-7-11-21(24)5)29-31(34)30(32(29)35)28-22(6)33(26-14-10-9-13-25(26)28)23-16-19(3)15-20(4)17-23/h7-17,34H,1H2,2-6H3/b29-27+. The molecule has 0 radical (unpaired) electrons. The third-order valence-corrected chi connectivity index (χ3v) is 6.85. The van der Waals surface area contributed by atoms with Crippen molar-refractivity contribution in [3.63, 3.8) is 0 Å². The first-order valence-electron chi connectivity index (χ1n) is 11.8. The van der Waals surface area contributed by atoms with Crippen LogP contribution in [0.1, 0.15) is 40.4 Å². The number of benzene rings is 3. The topological polar surface area (TPSA) is 42.2 Å². The van der Waals surface area contributed by atoms with Crippen LogP contribution >= 0.6 is 0 Å². The van der Waals surface area contributed by atoms with Crippen molar-refractivity contribution in [1.29, 1.82) is 0 Å². The number of para-hydroxylation sites is 1. The molecule has 0 fully saturated rings. The lowest BCUT2D eigenvalue weighted by molar-refractivity contribution is -0.111. The molecule has 0 aliphatic heterocycles. The molecule has 0 spiro atoms. The molecule has 1 aliphatic carbocycles. The van der Waals surface area contributed by atoms with E-state index in [0.29, 0.717) is 16.7 Å². The normalized spacial score (nSPS) is 14.9. The predicted molar refractivity (Wildman–Crippen MR) is 145 cm³/mol. The van der Waals surface area contributed by atoms with Gasteiger partial charge in [-0.2, -0.15) is 0 Å². The van der Waals surface area contributed by atoms with Gasteiger partial charge in [0.2, 0.25) is 5.78 Å². The van der Waals surface area contributed by atoms with Gasteiger partial charge in [-0.05, 0) is 86.2 Å². The third-order valence-electron chi connectivity index (χ3n) is 6.85. The summed E-state index contributed by atoms with van der Waals surface area (Å²) >= 11 is 0. The molecule has 0 unspecified atom stereocenters. The van der Waals surface area contributed by atoms with Gasteiger partial charge in [-0.3, -0.25) is 4.79 Å². The van der Waals surface area contributed by atoms with E-state index in [-0.39, 0.29) is 11.5 Å². The van der Waals surface area contributed by atoms with E-state index in [1.807, 2.05) is 63.2 Å². The number of ketones is 1. The van der Waals surface area contributed by atoms with E-state index >= 15 is 0 Å². The number of Topliss-reactive ketones (excluding diaryl/α,β-unsaturated/α-hetero) is 1. The highest BCUT2D eigenvalue weighted by atomic mass is 16.3. The molecule has 4 aromatic rings. The Kier molecular flexibility index (Phi) is 5.36. The number of aryl methyl sites for hydroxylation is 3. The summed E-state index contributed by atoms with van der Waals surface area (Å²) in [6, 6.07) is 22.4. The zero-order valence-corrected chi connectivity index (χ0v) is 20.9. The second-order valence-electron chi connectivity index (χ2n) is 9.56. The van der Waals surface area contributed by atoms with Gasteiger partial charge in [0.05, 0.1) is 16.7 Å². The molecule has 1 N–H and O–H groups in total. The Bertz CT molecular complexity index is 1600. The first kappa shape index (κ1) is 22.7. The lowest BCUT2D eigenvalue weighted by Crippen LogP contribution is -2.23. The molecule has 5 rings (SSSR count). The first-order chi connectivity index (χ1) is 16.7. The van der Waals surface area contributed by atoms with Gasteiger partial charge < -0.3 is 9.67 Å². The second kappa shape index (κ2) is 8.28. The summed E-state index contributed by atoms with van der Waals surface area (Å²) in [4.78, 5) is 13.7. The van der Waals surface area contributed by atoms with E-state index in [4.69, 9.17) is 0 Å². The van der Waals surface area contributed by atoms with Crippen molar-refractivity contribution in [2.75, 3.05) is 0 Å². The second-order valence-corrected chi connectivity index (χ2v) is 9.56. The number of aromatic nitrogens is 1. The van der Waals surface area contributed by atoms with Crippen LogP contribution in [0, 0.1) is 27.7 Å². The molecule has 35 heavy (non-hydrogen) atoms. The van der Waals surface area contributed by atoms with Crippen molar-refractivity contribution >= 4 is 27.8 Å². The summed E-state index contributed by atoms with van der Waals surface area (Å²) in [5, 5.41) is 12.3. The predicted octanol–water partition coefficient (Wildman–Crippen LogP) is 7.75. The Labute approximate surface area is 206 Å². The van der Waals surface area contributed by atoms with Crippen molar-refractivity contribution in [1.82, 2.24) is 4.57 Å². The zero-order valence-electron chi connectivity index (χ0n) is 20.9. The summed E-state index contributed by atoms with van der Waals surface area (Å²) in [5.74, 6) is -0.0992. The number of rotatable bonds is 4. The molecule has 3 heteroatoms. The molecule has 1 aliphatic rings. The van der Waals surface area contributed by atoms with Crippen LogP contribution in [0.2, 0.25) is 0 Å². The van der Waals surface area contributed by atoms with Crippen LogP contribution in [0.4, 0.5) is 0 Å². The van der Waals surface area contributed by atoms with Crippen LogP contribution in [0.25, 0.3) is 27.7 Å². The van der Waals surface area contributed by atoms with Gasteiger partial charge in [0, 0.05) is 22.3 Å². The van der Waals surface area contributed by atoms with Crippen LogP contribution in [0.3, 0.4) is 0 Å². The minimum Gasteiger partial charge on any atom is -0.506 e.